The van der Waals surface area contributed by atoms with Gasteiger partial charge >= 0.3 is 0 Å². The summed E-state index contributed by atoms with van der Waals surface area (Å²) in [7, 11) is 2.18. The zero-order valence-corrected chi connectivity index (χ0v) is 12.0. The highest BCUT2D eigenvalue weighted by Crippen LogP contribution is 2.15. The van der Waals surface area contributed by atoms with E-state index < -0.39 is 0 Å². The van der Waals surface area contributed by atoms with Gasteiger partial charge in [0, 0.05) is 25.8 Å². The van der Waals surface area contributed by atoms with Crippen molar-refractivity contribution in [3.05, 3.63) is 0 Å². The lowest BCUT2D eigenvalue weighted by Crippen LogP contribution is -2.37. The Morgan fingerprint density at radius 1 is 1.39 bits per heavy atom. The molecule has 1 atom stereocenters. The number of aliphatic hydroxyl groups is 1. The average molecular weight is 258 g/mol. The Morgan fingerprint density at radius 3 is 2.72 bits per heavy atom. The predicted octanol–water partition coefficient (Wildman–Crippen LogP) is 1.10. The van der Waals surface area contributed by atoms with Gasteiger partial charge in [0.1, 0.15) is 0 Å². The largest absolute Gasteiger partial charge is 0.395 e. The van der Waals surface area contributed by atoms with Crippen LogP contribution in [0, 0.1) is 5.92 Å². The standard InChI is InChI=1S/C14H30N2O2/c1-3-7-15-14(12-17)4-8-16(2)11-13-5-9-18-10-6-13/h13-15,17H,3-12H2,1-2H3. The van der Waals surface area contributed by atoms with E-state index in [1.54, 1.807) is 0 Å². The maximum absolute atomic E-state index is 9.29. The fourth-order valence-corrected chi connectivity index (χ4v) is 2.44. The Labute approximate surface area is 112 Å². The van der Waals surface area contributed by atoms with Crippen LogP contribution in [0.4, 0.5) is 0 Å². The van der Waals surface area contributed by atoms with E-state index in [0.29, 0.717) is 0 Å². The first kappa shape index (κ1) is 15.9. The number of nitrogens with zero attached hydrogens (tertiary/aromatic N) is 1. The van der Waals surface area contributed by atoms with Crippen molar-refractivity contribution in [3.8, 4) is 0 Å². The maximum atomic E-state index is 9.29. The molecule has 0 aromatic rings. The van der Waals surface area contributed by atoms with Crippen LogP contribution in [-0.4, -0.2) is 62.6 Å². The van der Waals surface area contributed by atoms with Crippen molar-refractivity contribution in [1.29, 1.82) is 0 Å². The van der Waals surface area contributed by atoms with Gasteiger partial charge in [0.2, 0.25) is 0 Å². The molecule has 4 heteroatoms. The van der Waals surface area contributed by atoms with E-state index in [0.717, 1.165) is 51.6 Å². The summed E-state index contributed by atoms with van der Waals surface area (Å²) in [6.45, 7) is 7.46. The highest BCUT2D eigenvalue weighted by Gasteiger charge is 2.16. The van der Waals surface area contributed by atoms with Crippen LogP contribution in [0.5, 0.6) is 0 Å². The molecule has 1 fully saturated rings. The molecule has 108 valence electrons. The number of ether oxygens (including phenoxy) is 1. The van der Waals surface area contributed by atoms with Crippen molar-refractivity contribution < 1.29 is 9.84 Å². The van der Waals surface area contributed by atoms with Crippen LogP contribution >= 0.6 is 0 Å². The van der Waals surface area contributed by atoms with Crippen molar-refractivity contribution in [2.24, 2.45) is 5.92 Å². The number of hydrogen-bond donors (Lipinski definition) is 2. The van der Waals surface area contributed by atoms with Crippen molar-refractivity contribution in [2.75, 3.05) is 46.5 Å². The Balaban J connectivity index is 2.11. The first-order valence-electron chi connectivity index (χ1n) is 7.36. The summed E-state index contributed by atoms with van der Waals surface area (Å²) in [4.78, 5) is 2.40. The van der Waals surface area contributed by atoms with E-state index >= 15 is 0 Å². The molecule has 0 amide bonds. The van der Waals surface area contributed by atoms with E-state index in [2.05, 4.69) is 24.2 Å². The third-order valence-corrected chi connectivity index (χ3v) is 3.67. The minimum absolute atomic E-state index is 0.241. The molecule has 1 rings (SSSR count). The molecule has 0 aromatic heterocycles. The van der Waals surface area contributed by atoms with E-state index in [1.165, 1.54) is 12.8 Å². The molecule has 1 unspecified atom stereocenters. The first-order valence-corrected chi connectivity index (χ1v) is 7.36. The van der Waals surface area contributed by atoms with Gasteiger partial charge < -0.3 is 20.1 Å². The van der Waals surface area contributed by atoms with Gasteiger partial charge in [-0.25, -0.2) is 0 Å². The highest BCUT2D eigenvalue weighted by atomic mass is 16.5. The van der Waals surface area contributed by atoms with Gasteiger partial charge in [0.15, 0.2) is 0 Å². The minimum atomic E-state index is 0.241. The number of aliphatic hydroxyl groups excluding tert-OH is 1. The monoisotopic (exact) mass is 258 g/mol. The van der Waals surface area contributed by atoms with Gasteiger partial charge in [-0.3, -0.25) is 0 Å². The van der Waals surface area contributed by atoms with E-state index in [9.17, 15) is 5.11 Å². The van der Waals surface area contributed by atoms with Gasteiger partial charge in [-0.1, -0.05) is 6.92 Å². The van der Waals surface area contributed by atoms with Gasteiger partial charge in [-0.15, -0.1) is 0 Å². The topological polar surface area (TPSA) is 44.7 Å². The van der Waals surface area contributed by atoms with Crippen LogP contribution in [0.3, 0.4) is 0 Å². The smallest absolute Gasteiger partial charge is 0.0585 e. The average Bonchev–Trinajstić information content (AvgIpc) is 2.40. The van der Waals surface area contributed by atoms with Crippen LogP contribution in [-0.2, 0) is 4.74 Å². The summed E-state index contributed by atoms with van der Waals surface area (Å²) in [5.41, 5.74) is 0. The molecule has 1 aliphatic heterocycles. The minimum Gasteiger partial charge on any atom is -0.395 e. The molecule has 4 nitrogen and oxygen atoms in total. The van der Waals surface area contributed by atoms with E-state index in [4.69, 9.17) is 4.74 Å². The van der Waals surface area contributed by atoms with Gasteiger partial charge in [-0.05, 0) is 51.7 Å². The summed E-state index contributed by atoms with van der Waals surface area (Å²) in [6, 6.07) is 0.252. The Morgan fingerprint density at radius 2 is 2.11 bits per heavy atom. The second-order valence-electron chi connectivity index (χ2n) is 5.44. The van der Waals surface area contributed by atoms with Crippen LogP contribution < -0.4 is 5.32 Å². The van der Waals surface area contributed by atoms with Crippen LogP contribution in [0.1, 0.15) is 32.6 Å². The summed E-state index contributed by atoms with van der Waals surface area (Å²) >= 11 is 0. The molecule has 0 spiro atoms. The molecular weight excluding hydrogens is 228 g/mol. The molecule has 0 aliphatic carbocycles. The predicted molar refractivity (Wildman–Crippen MR) is 74.8 cm³/mol. The van der Waals surface area contributed by atoms with Gasteiger partial charge in [0.25, 0.3) is 0 Å². The van der Waals surface area contributed by atoms with Crippen molar-refractivity contribution in [3.63, 3.8) is 0 Å². The molecule has 2 N–H and O–H groups in total. The first-order chi connectivity index (χ1) is 8.76. The SMILES string of the molecule is CCCNC(CO)CCN(C)CC1CCOCC1. The lowest BCUT2D eigenvalue weighted by molar-refractivity contribution is 0.0551. The molecule has 1 aliphatic rings. The van der Waals surface area contributed by atoms with E-state index in [1.807, 2.05) is 0 Å². The molecule has 0 saturated carbocycles. The number of hydrogen-bond acceptors (Lipinski definition) is 4. The maximum Gasteiger partial charge on any atom is 0.0585 e. The Kier molecular flexibility index (Phi) is 8.59. The molecular formula is C14H30N2O2. The van der Waals surface area contributed by atoms with Crippen LogP contribution in [0.25, 0.3) is 0 Å². The molecule has 18 heavy (non-hydrogen) atoms. The molecule has 0 radical (unpaired) electrons. The van der Waals surface area contributed by atoms with Crippen LogP contribution in [0.2, 0.25) is 0 Å². The summed E-state index contributed by atoms with van der Waals surface area (Å²) < 4.78 is 5.38. The Bertz CT molecular complexity index is 196. The second kappa shape index (κ2) is 9.73. The van der Waals surface area contributed by atoms with Crippen molar-refractivity contribution in [1.82, 2.24) is 10.2 Å². The second-order valence-corrected chi connectivity index (χ2v) is 5.44. The summed E-state index contributed by atoms with van der Waals surface area (Å²) in [6.07, 6.45) is 4.54. The normalized spacial score (nSPS) is 19.3. The lowest BCUT2D eigenvalue weighted by Gasteiger charge is -2.28. The fourth-order valence-electron chi connectivity index (χ4n) is 2.44. The lowest BCUT2D eigenvalue weighted by atomic mass is 10.00. The third-order valence-electron chi connectivity index (χ3n) is 3.67. The zero-order chi connectivity index (χ0) is 13.2. The third kappa shape index (κ3) is 6.69. The summed E-state index contributed by atoms with van der Waals surface area (Å²) in [5, 5.41) is 12.7. The quantitative estimate of drug-likeness (QED) is 0.650. The molecule has 1 heterocycles. The Hall–Kier alpha value is -0.160. The van der Waals surface area contributed by atoms with Crippen molar-refractivity contribution >= 4 is 0 Å². The molecule has 0 bridgehead atoms. The summed E-state index contributed by atoms with van der Waals surface area (Å²) in [5.74, 6) is 0.792. The van der Waals surface area contributed by atoms with Gasteiger partial charge in [-0.2, -0.15) is 0 Å². The van der Waals surface area contributed by atoms with Crippen LogP contribution in [0.15, 0.2) is 0 Å². The number of nitrogens with one attached hydrogen (secondary N) is 1. The van der Waals surface area contributed by atoms with Gasteiger partial charge in [0.05, 0.1) is 6.61 Å². The number of rotatable bonds is 9. The fraction of sp³-hybridized carbons (Fsp3) is 1.00. The molecule has 1 saturated heterocycles. The zero-order valence-electron chi connectivity index (χ0n) is 12.0. The van der Waals surface area contributed by atoms with Crippen molar-refractivity contribution in [2.45, 2.75) is 38.6 Å². The highest BCUT2D eigenvalue weighted by molar-refractivity contribution is 4.70. The molecule has 0 aromatic carbocycles. The van der Waals surface area contributed by atoms with E-state index in [-0.39, 0.29) is 12.6 Å².